The van der Waals surface area contributed by atoms with Crippen LogP contribution >= 0.6 is 0 Å². The number of benzene rings is 1. The number of carbonyl (C=O) groups excluding carboxylic acids is 2. The lowest BCUT2D eigenvalue weighted by Gasteiger charge is -1.93. The molecule has 1 aromatic rings. The molecule has 0 spiro atoms. The first-order valence-electron chi connectivity index (χ1n) is 4.09. The molecule has 1 aromatic carbocycles. The predicted molar refractivity (Wildman–Crippen MR) is 51.9 cm³/mol. The lowest BCUT2D eigenvalue weighted by Crippen LogP contribution is -1.98. The highest BCUT2D eigenvalue weighted by atomic mass is 16.5. The van der Waals surface area contributed by atoms with Crippen molar-refractivity contribution >= 4 is 11.8 Å². The number of ether oxygens (including phenoxy) is 1. The molecule has 72 valence electrons. The standard InChI is InChI=1S/C11H10O3/c1-14-11(13)8-7-10(12)9-5-3-2-4-6-9/h2-8H,1H3/b8-7+. The molecular formula is C11H10O3. The van der Waals surface area contributed by atoms with Gasteiger partial charge in [-0.25, -0.2) is 4.79 Å². The normalized spacial score (nSPS) is 10.1. The fourth-order valence-corrected chi connectivity index (χ4v) is 0.910. The van der Waals surface area contributed by atoms with E-state index in [1.165, 1.54) is 13.2 Å². The maximum absolute atomic E-state index is 11.4. The van der Waals surface area contributed by atoms with Crippen molar-refractivity contribution in [2.24, 2.45) is 0 Å². The van der Waals surface area contributed by atoms with Gasteiger partial charge in [-0.15, -0.1) is 0 Å². The first-order valence-corrected chi connectivity index (χ1v) is 4.09. The zero-order valence-corrected chi connectivity index (χ0v) is 7.77. The first kappa shape index (κ1) is 10.2. The third kappa shape index (κ3) is 2.86. The summed E-state index contributed by atoms with van der Waals surface area (Å²) in [5.41, 5.74) is 0.549. The van der Waals surface area contributed by atoms with Crippen LogP contribution in [-0.4, -0.2) is 18.9 Å². The third-order valence-electron chi connectivity index (χ3n) is 1.63. The average Bonchev–Trinajstić information content (AvgIpc) is 2.26. The number of ketones is 1. The lowest BCUT2D eigenvalue weighted by atomic mass is 10.1. The molecule has 0 aliphatic carbocycles. The largest absolute Gasteiger partial charge is 0.466 e. The molecule has 0 unspecified atom stereocenters. The summed E-state index contributed by atoms with van der Waals surface area (Å²) in [5.74, 6) is -0.745. The van der Waals surface area contributed by atoms with Crippen molar-refractivity contribution in [3.8, 4) is 0 Å². The molecule has 0 amide bonds. The van der Waals surface area contributed by atoms with Crippen molar-refractivity contribution in [1.29, 1.82) is 0 Å². The van der Waals surface area contributed by atoms with E-state index < -0.39 is 5.97 Å². The van der Waals surface area contributed by atoms with Gasteiger partial charge in [0.2, 0.25) is 0 Å². The molecule has 1 rings (SSSR count). The summed E-state index contributed by atoms with van der Waals surface area (Å²) < 4.78 is 4.36. The van der Waals surface area contributed by atoms with Gasteiger partial charge in [0.05, 0.1) is 7.11 Å². The van der Waals surface area contributed by atoms with E-state index in [0.29, 0.717) is 5.56 Å². The van der Waals surface area contributed by atoms with E-state index in [1.807, 2.05) is 6.07 Å². The molecule has 0 aromatic heterocycles. The second-order valence-electron chi connectivity index (χ2n) is 2.59. The van der Waals surface area contributed by atoms with E-state index in [4.69, 9.17) is 0 Å². The first-order chi connectivity index (χ1) is 6.74. The van der Waals surface area contributed by atoms with Crippen LogP contribution in [0.5, 0.6) is 0 Å². The Hall–Kier alpha value is -1.90. The minimum Gasteiger partial charge on any atom is -0.466 e. The van der Waals surface area contributed by atoms with E-state index in [2.05, 4.69) is 4.74 Å². The summed E-state index contributed by atoms with van der Waals surface area (Å²) in [4.78, 5) is 22.1. The minimum absolute atomic E-state index is 0.212. The summed E-state index contributed by atoms with van der Waals surface area (Å²) >= 11 is 0. The van der Waals surface area contributed by atoms with Crippen LogP contribution in [0.3, 0.4) is 0 Å². The zero-order chi connectivity index (χ0) is 10.4. The number of hydrogen-bond acceptors (Lipinski definition) is 3. The Kier molecular flexibility index (Phi) is 3.61. The predicted octanol–water partition coefficient (Wildman–Crippen LogP) is 1.60. The monoisotopic (exact) mass is 190 g/mol. The van der Waals surface area contributed by atoms with Crippen LogP contribution in [-0.2, 0) is 9.53 Å². The highest BCUT2D eigenvalue weighted by Crippen LogP contribution is 2.00. The fourth-order valence-electron chi connectivity index (χ4n) is 0.910. The molecule has 3 nitrogen and oxygen atoms in total. The molecule has 0 atom stereocenters. The molecule has 0 saturated carbocycles. The van der Waals surface area contributed by atoms with Gasteiger partial charge in [0.15, 0.2) is 5.78 Å². The summed E-state index contributed by atoms with van der Waals surface area (Å²) in [6.07, 6.45) is 2.30. The SMILES string of the molecule is COC(=O)/C=C/C(=O)c1ccccc1. The van der Waals surface area contributed by atoms with Crippen molar-refractivity contribution in [2.75, 3.05) is 7.11 Å². The molecule has 0 fully saturated rings. The van der Waals surface area contributed by atoms with Crippen LogP contribution in [0.25, 0.3) is 0 Å². The van der Waals surface area contributed by atoms with Crippen molar-refractivity contribution in [1.82, 2.24) is 0 Å². The highest BCUT2D eigenvalue weighted by Gasteiger charge is 2.00. The topological polar surface area (TPSA) is 43.4 Å². The Labute approximate surface area is 82.0 Å². The number of carbonyl (C=O) groups is 2. The van der Waals surface area contributed by atoms with Gasteiger partial charge >= 0.3 is 5.97 Å². The van der Waals surface area contributed by atoms with Crippen LogP contribution in [0, 0.1) is 0 Å². The van der Waals surface area contributed by atoms with Gasteiger partial charge < -0.3 is 4.74 Å². The average molecular weight is 190 g/mol. The molecule has 0 heterocycles. The van der Waals surface area contributed by atoms with Crippen LogP contribution in [0.2, 0.25) is 0 Å². The Morgan fingerprint density at radius 2 is 1.79 bits per heavy atom. The van der Waals surface area contributed by atoms with E-state index in [1.54, 1.807) is 24.3 Å². The van der Waals surface area contributed by atoms with Gasteiger partial charge in [-0.3, -0.25) is 4.79 Å². The van der Waals surface area contributed by atoms with Gasteiger partial charge in [-0.2, -0.15) is 0 Å². The lowest BCUT2D eigenvalue weighted by molar-refractivity contribution is -0.134. The van der Waals surface area contributed by atoms with Gasteiger partial charge in [0.1, 0.15) is 0 Å². The van der Waals surface area contributed by atoms with Crippen LogP contribution in [0.1, 0.15) is 10.4 Å². The second kappa shape index (κ2) is 4.97. The quantitative estimate of drug-likeness (QED) is 0.413. The van der Waals surface area contributed by atoms with Crippen LogP contribution < -0.4 is 0 Å². The number of allylic oxidation sites excluding steroid dienone is 1. The molecule has 0 aliphatic rings. The third-order valence-corrected chi connectivity index (χ3v) is 1.63. The molecule has 0 aliphatic heterocycles. The van der Waals surface area contributed by atoms with Crippen LogP contribution in [0.15, 0.2) is 42.5 Å². The van der Waals surface area contributed by atoms with E-state index >= 15 is 0 Å². The summed E-state index contributed by atoms with van der Waals surface area (Å²) in [7, 11) is 1.26. The Morgan fingerprint density at radius 3 is 2.36 bits per heavy atom. The Bertz CT molecular complexity index is 352. The van der Waals surface area contributed by atoms with E-state index in [0.717, 1.165) is 6.08 Å². The number of methoxy groups -OCH3 is 1. The summed E-state index contributed by atoms with van der Waals surface area (Å²) in [5, 5.41) is 0. The van der Waals surface area contributed by atoms with Crippen molar-refractivity contribution in [3.63, 3.8) is 0 Å². The molecule has 0 bridgehead atoms. The zero-order valence-electron chi connectivity index (χ0n) is 7.77. The van der Waals surface area contributed by atoms with Gasteiger partial charge in [-0.05, 0) is 6.08 Å². The van der Waals surface area contributed by atoms with Gasteiger partial charge in [0.25, 0.3) is 0 Å². The highest BCUT2D eigenvalue weighted by molar-refractivity contribution is 6.06. The second-order valence-corrected chi connectivity index (χ2v) is 2.59. The smallest absolute Gasteiger partial charge is 0.330 e. The van der Waals surface area contributed by atoms with Crippen molar-refractivity contribution in [3.05, 3.63) is 48.0 Å². The Balaban J connectivity index is 2.69. The molecule has 14 heavy (non-hydrogen) atoms. The number of esters is 1. The molecular weight excluding hydrogens is 180 g/mol. The maximum Gasteiger partial charge on any atom is 0.330 e. The summed E-state index contributed by atoms with van der Waals surface area (Å²) in [6.45, 7) is 0. The molecule has 0 N–H and O–H groups in total. The number of hydrogen-bond donors (Lipinski definition) is 0. The summed E-state index contributed by atoms with van der Waals surface area (Å²) in [6, 6.07) is 8.72. The Morgan fingerprint density at radius 1 is 1.14 bits per heavy atom. The molecule has 0 radical (unpaired) electrons. The van der Waals surface area contributed by atoms with Crippen LogP contribution in [0.4, 0.5) is 0 Å². The van der Waals surface area contributed by atoms with Crippen molar-refractivity contribution in [2.45, 2.75) is 0 Å². The van der Waals surface area contributed by atoms with E-state index in [9.17, 15) is 9.59 Å². The fraction of sp³-hybridized carbons (Fsp3) is 0.0909. The minimum atomic E-state index is -0.533. The van der Waals surface area contributed by atoms with Gasteiger partial charge in [-0.1, -0.05) is 30.3 Å². The maximum atomic E-state index is 11.4. The van der Waals surface area contributed by atoms with E-state index in [-0.39, 0.29) is 5.78 Å². The molecule has 3 heteroatoms. The van der Waals surface area contributed by atoms with Gasteiger partial charge in [0, 0.05) is 11.6 Å². The van der Waals surface area contributed by atoms with Crippen molar-refractivity contribution < 1.29 is 14.3 Å². The molecule has 0 saturated heterocycles. The number of rotatable bonds is 3.